The SMILES string of the molecule is CC(C)CCNC(=O)c1cc2c(F)cccc2[nH]1. The molecular formula is C14H17FN2O. The highest BCUT2D eigenvalue weighted by molar-refractivity contribution is 5.98. The molecule has 0 bridgehead atoms. The Morgan fingerprint density at radius 1 is 1.44 bits per heavy atom. The molecule has 0 spiro atoms. The van der Waals surface area contributed by atoms with Crippen molar-refractivity contribution in [2.75, 3.05) is 6.54 Å². The van der Waals surface area contributed by atoms with Crippen LogP contribution in [-0.4, -0.2) is 17.4 Å². The standard InChI is InChI=1S/C14H17FN2O/c1-9(2)6-7-16-14(18)13-8-10-11(15)4-3-5-12(10)17-13/h3-5,8-9,17H,6-7H2,1-2H3,(H,16,18). The summed E-state index contributed by atoms with van der Waals surface area (Å²) in [4.78, 5) is 14.8. The number of carbonyl (C=O) groups is 1. The first-order chi connectivity index (χ1) is 8.58. The molecule has 2 rings (SSSR count). The number of benzene rings is 1. The van der Waals surface area contributed by atoms with Crippen molar-refractivity contribution >= 4 is 16.8 Å². The number of carbonyl (C=O) groups excluding carboxylic acids is 1. The molecule has 3 nitrogen and oxygen atoms in total. The van der Waals surface area contributed by atoms with Crippen LogP contribution in [0, 0.1) is 11.7 Å². The molecule has 18 heavy (non-hydrogen) atoms. The summed E-state index contributed by atoms with van der Waals surface area (Å²) in [5.74, 6) is 0.0432. The molecule has 1 aromatic carbocycles. The van der Waals surface area contributed by atoms with Gasteiger partial charge >= 0.3 is 0 Å². The predicted octanol–water partition coefficient (Wildman–Crippen LogP) is 3.08. The Hall–Kier alpha value is -1.84. The molecule has 0 unspecified atom stereocenters. The zero-order valence-electron chi connectivity index (χ0n) is 10.6. The van der Waals surface area contributed by atoms with Gasteiger partial charge < -0.3 is 10.3 Å². The minimum Gasteiger partial charge on any atom is -0.351 e. The van der Waals surface area contributed by atoms with Crippen molar-refractivity contribution in [3.8, 4) is 0 Å². The number of hydrogen-bond donors (Lipinski definition) is 2. The maximum atomic E-state index is 13.5. The molecule has 4 heteroatoms. The van der Waals surface area contributed by atoms with E-state index in [0.717, 1.165) is 6.42 Å². The Morgan fingerprint density at radius 2 is 2.22 bits per heavy atom. The van der Waals surface area contributed by atoms with Crippen LogP contribution < -0.4 is 5.32 Å². The van der Waals surface area contributed by atoms with Crippen LogP contribution in [0.1, 0.15) is 30.8 Å². The number of halogens is 1. The smallest absolute Gasteiger partial charge is 0.267 e. The Balaban J connectivity index is 2.11. The van der Waals surface area contributed by atoms with E-state index in [4.69, 9.17) is 0 Å². The third kappa shape index (κ3) is 2.70. The Labute approximate surface area is 105 Å². The average molecular weight is 248 g/mol. The van der Waals surface area contributed by atoms with Gasteiger partial charge in [-0.25, -0.2) is 4.39 Å². The van der Waals surface area contributed by atoms with Crippen molar-refractivity contribution in [2.45, 2.75) is 20.3 Å². The maximum Gasteiger partial charge on any atom is 0.267 e. The minimum atomic E-state index is -0.315. The highest BCUT2D eigenvalue weighted by atomic mass is 19.1. The first-order valence-corrected chi connectivity index (χ1v) is 6.13. The molecular weight excluding hydrogens is 231 g/mol. The van der Waals surface area contributed by atoms with Crippen LogP contribution in [-0.2, 0) is 0 Å². The summed E-state index contributed by atoms with van der Waals surface area (Å²) >= 11 is 0. The second kappa shape index (κ2) is 5.21. The first kappa shape index (κ1) is 12.6. The van der Waals surface area contributed by atoms with Crippen molar-refractivity contribution in [1.82, 2.24) is 10.3 Å². The molecule has 0 fully saturated rings. The molecule has 2 N–H and O–H groups in total. The topological polar surface area (TPSA) is 44.9 Å². The van der Waals surface area contributed by atoms with E-state index in [0.29, 0.717) is 29.1 Å². The number of rotatable bonds is 4. The lowest BCUT2D eigenvalue weighted by molar-refractivity contribution is 0.0948. The van der Waals surface area contributed by atoms with Gasteiger partial charge in [-0.3, -0.25) is 4.79 Å². The number of nitrogens with one attached hydrogen (secondary N) is 2. The molecule has 0 aliphatic heterocycles. The van der Waals surface area contributed by atoms with Crippen molar-refractivity contribution in [3.05, 3.63) is 35.8 Å². The van der Waals surface area contributed by atoms with Gasteiger partial charge in [0.15, 0.2) is 0 Å². The van der Waals surface area contributed by atoms with E-state index in [2.05, 4.69) is 24.1 Å². The minimum absolute atomic E-state index is 0.189. The number of H-pyrrole nitrogens is 1. The monoisotopic (exact) mass is 248 g/mol. The summed E-state index contributed by atoms with van der Waals surface area (Å²) in [5, 5.41) is 3.27. The van der Waals surface area contributed by atoms with Crippen LogP contribution in [0.4, 0.5) is 4.39 Å². The van der Waals surface area contributed by atoms with E-state index in [1.165, 1.54) is 6.07 Å². The molecule has 0 saturated heterocycles. The zero-order valence-corrected chi connectivity index (χ0v) is 10.6. The van der Waals surface area contributed by atoms with Gasteiger partial charge in [0.1, 0.15) is 11.5 Å². The first-order valence-electron chi connectivity index (χ1n) is 6.13. The van der Waals surface area contributed by atoms with Gasteiger partial charge in [-0.15, -0.1) is 0 Å². The van der Waals surface area contributed by atoms with Gasteiger partial charge in [0, 0.05) is 17.4 Å². The summed E-state index contributed by atoms with van der Waals surface area (Å²) in [7, 11) is 0. The van der Waals surface area contributed by atoms with Crippen LogP contribution in [0.2, 0.25) is 0 Å². The quantitative estimate of drug-likeness (QED) is 0.858. The fourth-order valence-corrected chi connectivity index (χ4v) is 1.81. The van der Waals surface area contributed by atoms with E-state index in [1.54, 1.807) is 18.2 Å². The fourth-order valence-electron chi connectivity index (χ4n) is 1.81. The Kier molecular flexibility index (Phi) is 3.65. The molecule has 0 aliphatic rings. The van der Waals surface area contributed by atoms with Crippen molar-refractivity contribution in [1.29, 1.82) is 0 Å². The van der Waals surface area contributed by atoms with Gasteiger partial charge in [-0.2, -0.15) is 0 Å². The summed E-state index contributed by atoms with van der Waals surface area (Å²) in [6.45, 7) is 4.84. The highest BCUT2D eigenvalue weighted by Crippen LogP contribution is 2.18. The number of aromatic amines is 1. The third-order valence-corrected chi connectivity index (χ3v) is 2.86. The molecule has 96 valence electrons. The van der Waals surface area contributed by atoms with E-state index in [1.807, 2.05) is 0 Å². The number of aromatic nitrogens is 1. The molecule has 1 aromatic heterocycles. The van der Waals surface area contributed by atoms with Crippen LogP contribution in [0.15, 0.2) is 24.3 Å². The van der Waals surface area contributed by atoms with E-state index < -0.39 is 0 Å². The van der Waals surface area contributed by atoms with E-state index in [9.17, 15) is 9.18 Å². The van der Waals surface area contributed by atoms with Crippen LogP contribution >= 0.6 is 0 Å². The second-order valence-corrected chi connectivity index (χ2v) is 4.82. The van der Waals surface area contributed by atoms with Crippen LogP contribution in [0.3, 0.4) is 0 Å². The summed E-state index contributed by atoms with van der Waals surface area (Å²) in [5.41, 5.74) is 1.04. The van der Waals surface area contributed by atoms with E-state index >= 15 is 0 Å². The molecule has 2 aromatic rings. The molecule has 0 radical (unpaired) electrons. The van der Waals surface area contributed by atoms with Crippen molar-refractivity contribution < 1.29 is 9.18 Å². The lowest BCUT2D eigenvalue weighted by Crippen LogP contribution is -2.25. The molecule has 0 atom stereocenters. The Morgan fingerprint density at radius 3 is 2.89 bits per heavy atom. The van der Waals surface area contributed by atoms with Gasteiger partial charge in [-0.05, 0) is 30.5 Å². The predicted molar refractivity (Wildman–Crippen MR) is 70.0 cm³/mol. The van der Waals surface area contributed by atoms with Crippen molar-refractivity contribution in [3.63, 3.8) is 0 Å². The largest absolute Gasteiger partial charge is 0.351 e. The van der Waals surface area contributed by atoms with Crippen LogP contribution in [0.5, 0.6) is 0 Å². The third-order valence-electron chi connectivity index (χ3n) is 2.86. The van der Waals surface area contributed by atoms with E-state index in [-0.39, 0.29) is 11.7 Å². The number of hydrogen-bond acceptors (Lipinski definition) is 1. The highest BCUT2D eigenvalue weighted by Gasteiger charge is 2.11. The van der Waals surface area contributed by atoms with Gasteiger partial charge in [-0.1, -0.05) is 19.9 Å². The maximum absolute atomic E-state index is 13.5. The molecule has 0 aliphatic carbocycles. The van der Waals surface area contributed by atoms with Gasteiger partial charge in [0.05, 0.1) is 0 Å². The van der Waals surface area contributed by atoms with Crippen LogP contribution in [0.25, 0.3) is 10.9 Å². The normalized spacial score (nSPS) is 11.1. The summed E-state index contributed by atoms with van der Waals surface area (Å²) < 4.78 is 13.5. The number of amides is 1. The lowest BCUT2D eigenvalue weighted by atomic mass is 10.1. The molecule has 1 amide bonds. The molecule has 0 saturated carbocycles. The Bertz CT molecular complexity index is 560. The summed E-state index contributed by atoms with van der Waals surface area (Å²) in [6, 6.07) is 6.31. The fraction of sp³-hybridized carbons (Fsp3) is 0.357. The van der Waals surface area contributed by atoms with Crippen molar-refractivity contribution in [2.24, 2.45) is 5.92 Å². The molecule has 1 heterocycles. The van der Waals surface area contributed by atoms with Gasteiger partial charge in [0.2, 0.25) is 0 Å². The second-order valence-electron chi connectivity index (χ2n) is 4.82. The lowest BCUT2D eigenvalue weighted by Gasteiger charge is -2.05. The number of fused-ring (bicyclic) bond motifs is 1. The average Bonchev–Trinajstić information content (AvgIpc) is 2.74. The zero-order chi connectivity index (χ0) is 13.1. The van der Waals surface area contributed by atoms with Gasteiger partial charge in [0.25, 0.3) is 5.91 Å². The summed E-state index contributed by atoms with van der Waals surface area (Å²) in [6.07, 6.45) is 0.931.